The summed E-state index contributed by atoms with van der Waals surface area (Å²) in [5, 5.41) is 3.44. The first-order chi connectivity index (χ1) is 14.6. The number of benzene rings is 2. The second-order valence-electron chi connectivity index (χ2n) is 7.30. The van der Waals surface area contributed by atoms with Crippen LogP contribution in [0.1, 0.15) is 12.6 Å². The van der Waals surface area contributed by atoms with Crippen molar-refractivity contribution >= 4 is 50.7 Å². The molecule has 0 aliphatic carbocycles. The summed E-state index contributed by atoms with van der Waals surface area (Å²) < 4.78 is 5.71. The average Bonchev–Trinajstić information content (AvgIpc) is 3.26. The van der Waals surface area contributed by atoms with Gasteiger partial charge in [-0.2, -0.15) is 0 Å². The van der Waals surface area contributed by atoms with Gasteiger partial charge in [0.15, 0.2) is 6.20 Å². The Balaban J connectivity index is 1.75. The van der Waals surface area contributed by atoms with E-state index in [1.54, 1.807) is 23.1 Å². The van der Waals surface area contributed by atoms with E-state index in [4.69, 9.17) is 0 Å². The lowest BCUT2D eigenvalue weighted by atomic mass is 10.1. The van der Waals surface area contributed by atoms with Gasteiger partial charge in [0, 0.05) is 42.1 Å². The number of nitrogens with zero attached hydrogens (tertiary/aromatic N) is 3. The molecule has 0 amide bonds. The predicted octanol–water partition coefficient (Wildman–Crippen LogP) is 3.04. The molecule has 2 aromatic heterocycles. The van der Waals surface area contributed by atoms with E-state index in [-0.39, 0.29) is 5.56 Å². The number of fused-ring (bicyclic) bond motifs is 3. The highest BCUT2D eigenvalue weighted by atomic mass is 32.2. The smallest absolute Gasteiger partial charge is 0.271 e. The Morgan fingerprint density at radius 2 is 1.87 bits per heavy atom. The van der Waals surface area contributed by atoms with Gasteiger partial charge in [-0.05, 0) is 24.4 Å². The van der Waals surface area contributed by atoms with Crippen molar-refractivity contribution in [2.24, 2.45) is 7.05 Å². The zero-order chi connectivity index (χ0) is 20.8. The number of anilines is 1. The van der Waals surface area contributed by atoms with Crippen LogP contribution >= 0.6 is 23.1 Å². The van der Waals surface area contributed by atoms with Gasteiger partial charge in [0.25, 0.3) is 5.56 Å². The van der Waals surface area contributed by atoms with E-state index in [0.29, 0.717) is 6.54 Å². The molecular formula is C24H22N3OS2+. The standard InChI is InChI=1S/C24H22N3OS2/c1-4-27-20(15-17-10-7-8-14-25(17)2)30-22(23(27)28)24-26(3)21-18-11-6-5-9-16(18)12-13-19(21)29-24/h5-15H,4H2,1-3H3/q+1/b24-22-. The van der Waals surface area contributed by atoms with Gasteiger partial charge in [-0.25, -0.2) is 4.57 Å². The summed E-state index contributed by atoms with van der Waals surface area (Å²) in [5.74, 6) is 0. The number of hydrogen-bond donors (Lipinski definition) is 0. The van der Waals surface area contributed by atoms with Crippen LogP contribution in [0.2, 0.25) is 0 Å². The van der Waals surface area contributed by atoms with E-state index in [9.17, 15) is 4.79 Å². The maximum absolute atomic E-state index is 13.3. The summed E-state index contributed by atoms with van der Waals surface area (Å²) in [5.41, 5.74) is 2.34. The molecule has 0 atom stereocenters. The minimum absolute atomic E-state index is 0.0822. The third-order valence-corrected chi connectivity index (χ3v) is 7.97. The van der Waals surface area contributed by atoms with Crippen molar-refractivity contribution < 1.29 is 4.57 Å². The van der Waals surface area contributed by atoms with Crippen LogP contribution in [-0.2, 0) is 13.6 Å². The van der Waals surface area contributed by atoms with Crippen molar-refractivity contribution in [3.05, 3.63) is 86.0 Å². The number of thiazole rings is 1. The second kappa shape index (κ2) is 7.45. The van der Waals surface area contributed by atoms with E-state index in [2.05, 4.69) is 65.1 Å². The molecule has 3 heterocycles. The van der Waals surface area contributed by atoms with Gasteiger partial charge in [0.05, 0.1) is 5.69 Å². The molecular weight excluding hydrogens is 410 g/mol. The van der Waals surface area contributed by atoms with Crippen LogP contribution in [0.15, 0.2) is 70.5 Å². The molecule has 1 aliphatic rings. The molecule has 0 unspecified atom stereocenters. The van der Waals surface area contributed by atoms with Crippen molar-refractivity contribution in [2.45, 2.75) is 18.4 Å². The topological polar surface area (TPSA) is 29.1 Å². The van der Waals surface area contributed by atoms with Crippen molar-refractivity contribution in [2.75, 3.05) is 11.9 Å². The predicted molar refractivity (Wildman–Crippen MR) is 126 cm³/mol. The van der Waals surface area contributed by atoms with Crippen LogP contribution in [0.3, 0.4) is 0 Å². The lowest BCUT2D eigenvalue weighted by molar-refractivity contribution is -0.673. The Hall–Kier alpha value is -2.83. The summed E-state index contributed by atoms with van der Waals surface area (Å²) in [6.45, 7) is 2.67. The lowest BCUT2D eigenvalue weighted by Gasteiger charge is -2.15. The molecule has 0 fully saturated rings. The van der Waals surface area contributed by atoms with E-state index >= 15 is 0 Å². The molecule has 4 nitrogen and oxygen atoms in total. The zero-order valence-electron chi connectivity index (χ0n) is 17.1. The average molecular weight is 433 g/mol. The third kappa shape index (κ3) is 2.99. The molecule has 2 aromatic carbocycles. The monoisotopic (exact) mass is 432 g/mol. The van der Waals surface area contributed by atoms with Crippen LogP contribution in [0.4, 0.5) is 5.69 Å². The summed E-state index contributed by atoms with van der Waals surface area (Å²) >= 11 is 3.26. The summed E-state index contributed by atoms with van der Waals surface area (Å²) in [7, 11) is 4.09. The van der Waals surface area contributed by atoms with E-state index in [0.717, 1.165) is 19.9 Å². The first kappa shape index (κ1) is 19.2. The number of hydrogen-bond acceptors (Lipinski definition) is 4. The Labute approximate surface area is 183 Å². The molecule has 30 heavy (non-hydrogen) atoms. The van der Waals surface area contributed by atoms with Crippen LogP contribution in [0, 0.1) is 0 Å². The van der Waals surface area contributed by atoms with Gasteiger partial charge >= 0.3 is 0 Å². The molecule has 5 rings (SSSR count). The Morgan fingerprint density at radius 3 is 2.67 bits per heavy atom. The summed E-state index contributed by atoms with van der Waals surface area (Å²) in [6, 6.07) is 18.8. The van der Waals surface area contributed by atoms with E-state index < -0.39 is 0 Å². The highest BCUT2D eigenvalue weighted by Crippen LogP contribution is 2.48. The number of thioether (sulfide) groups is 1. The molecule has 6 heteroatoms. The summed E-state index contributed by atoms with van der Waals surface area (Å²) in [4.78, 5) is 16.7. The van der Waals surface area contributed by atoms with Gasteiger partial charge in [-0.3, -0.25) is 9.36 Å². The quantitative estimate of drug-likeness (QED) is 0.456. The highest BCUT2D eigenvalue weighted by Gasteiger charge is 2.26. The highest BCUT2D eigenvalue weighted by molar-refractivity contribution is 8.08. The molecule has 0 saturated heterocycles. The molecule has 4 aromatic rings. The first-order valence-corrected chi connectivity index (χ1v) is 11.6. The molecule has 0 N–H and O–H groups in total. The normalized spacial score (nSPS) is 15.8. The van der Waals surface area contributed by atoms with Gasteiger partial charge in [0.1, 0.15) is 21.3 Å². The van der Waals surface area contributed by atoms with Gasteiger partial charge < -0.3 is 4.90 Å². The number of aryl methyl sites for hydroxylation is 1. The van der Waals surface area contributed by atoms with Crippen molar-refractivity contribution in [1.29, 1.82) is 0 Å². The van der Waals surface area contributed by atoms with Crippen LogP contribution < -0.4 is 24.2 Å². The van der Waals surface area contributed by atoms with E-state index in [1.165, 1.54) is 21.4 Å². The number of aromatic nitrogens is 2. The Kier molecular flexibility index (Phi) is 4.76. The van der Waals surface area contributed by atoms with Crippen molar-refractivity contribution in [3.63, 3.8) is 0 Å². The van der Waals surface area contributed by atoms with Crippen LogP contribution in [0.25, 0.3) is 21.9 Å². The van der Waals surface area contributed by atoms with Gasteiger partial charge in [-0.15, -0.1) is 11.3 Å². The molecule has 0 radical (unpaired) electrons. The zero-order valence-corrected chi connectivity index (χ0v) is 18.8. The van der Waals surface area contributed by atoms with Crippen LogP contribution in [-0.4, -0.2) is 11.6 Å². The minimum Gasteiger partial charge on any atom is -0.336 e. The SMILES string of the molecule is CCn1c(=O)/c(=C2/Sc3ccc4ccccc4c3N2C)s/c1=C/c1cccc[n+]1C. The molecule has 0 spiro atoms. The third-order valence-electron chi connectivity index (χ3n) is 5.50. The van der Waals surface area contributed by atoms with Gasteiger partial charge in [-0.1, -0.05) is 42.1 Å². The van der Waals surface area contributed by atoms with Gasteiger partial charge in [0.2, 0.25) is 5.69 Å². The Bertz CT molecular complexity index is 1470. The molecule has 1 aliphatic heterocycles. The van der Waals surface area contributed by atoms with E-state index in [1.807, 2.05) is 36.9 Å². The maximum atomic E-state index is 13.3. The molecule has 150 valence electrons. The number of pyridine rings is 1. The maximum Gasteiger partial charge on any atom is 0.271 e. The fourth-order valence-electron chi connectivity index (χ4n) is 3.92. The second-order valence-corrected chi connectivity index (χ2v) is 9.36. The van der Waals surface area contributed by atoms with Crippen LogP contribution in [0.5, 0.6) is 0 Å². The lowest BCUT2D eigenvalue weighted by Crippen LogP contribution is -2.34. The first-order valence-electron chi connectivity index (χ1n) is 9.92. The molecule has 0 bridgehead atoms. The van der Waals surface area contributed by atoms with Crippen molar-refractivity contribution in [3.8, 4) is 0 Å². The summed E-state index contributed by atoms with van der Waals surface area (Å²) in [6.07, 6.45) is 4.12. The Morgan fingerprint density at radius 1 is 1.07 bits per heavy atom. The largest absolute Gasteiger partial charge is 0.336 e. The fourth-order valence-corrected chi connectivity index (χ4v) is 6.40. The fraction of sp³-hybridized carbons (Fsp3) is 0.167. The molecule has 0 saturated carbocycles. The minimum atomic E-state index is 0.0822. The number of rotatable bonds is 2. The van der Waals surface area contributed by atoms with Crippen molar-refractivity contribution in [1.82, 2.24) is 4.57 Å².